The van der Waals surface area contributed by atoms with Crippen molar-refractivity contribution in [2.75, 3.05) is 7.11 Å². The van der Waals surface area contributed by atoms with E-state index in [9.17, 15) is 9.18 Å². The number of methoxy groups -OCH3 is 1. The zero-order valence-corrected chi connectivity index (χ0v) is 9.98. The molecule has 0 aliphatic rings. The van der Waals surface area contributed by atoms with Crippen molar-refractivity contribution in [3.63, 3.8) is 0 Å². The number of pyridine rings is 2. The lowest BCUT2D eigenvalue weighted by Crippen LogP contribution is -2.08. The highest BCUT2D eigenvalue weighted by molar-refractivity contribution is 5.94. The maximum atomic E-state index is 13.7. The minimum Gasteiger partial charge on any atom is -0.464 e. The average Bonchev–Trinajstić information content (AvgIpc) is 2.38. The molecule has 0 aromatic carbocycles. The Balaban J connectivity index is 2.66. The van der Waals surface area contributed by atoms with Crippen LogP contribution in [-0.2, 0) is 4.74 Å². The molecular weight excluding hydrogens is 235 g/mol. The molecule has 2 aromatic rings. The van der Waals surface area contributed by atoms with Crippen LogP contribution in [-0.4, -0.2) is 23.0 Å². The van der Waals surface area contributed by atoms with Crippen LogP contribution in [0.15, 0.2) is 30.6 Å². The van der Waals surface area contributed by atoms with E-state index >= 15 is 0 Å². The third-order valence-electron chi connectivity index (χ3n) is 2.42. The molecule has 0 atom stereocenters. The van der Waals surface area contributed by atoms with Crippen LogP contribution in [0.3, 0.4) is 0 Å². The molecule has 0 aliphatic carbocycles. The van der Waals surface area contributed by atoms with E-state index in [0.717, 1.165) is 5.56 Å². The SMILES string of the molecule is COC(=O)c1ncc(C)cc1-c1ncccc1F. The summed E-state index contributed by atoms with van der Waals surface area (Å²) < 4.78 is 18.3. The second-order valence-corrected chi connectivity index (χ2v) is 3.73. The maximum Gasteiger partial charge on any atom is 0.357 e. The summed E-state index contributed by atoms with van der Waals surface area (Å²) in [6.07, 6.45) is 2.98. The zero-order valence-electron chi connectivity index (χ0n) is 9.98. The van der Waals surface area contributed by atoms with Gasteiger partial charge in [-0.25, -0.2) is 14.2 Å². The maximum absolute atomic E-state index is 13.7. The van der Waals surface area contributed by atoms with E-state index in [2.05, 4.69) is 14.7 Å². The van der Waals surface area contributed by atoms with Gasteiger partial charge in [-0.3, -0.25) is 4.98 Å². The highest BCUT2D eigenvalue weighted by atomic mass is 19.1. The second-order valence-electron chi connectivity index (χ2n) is 3.73. The van der Waals surface area contributed by atoms with Crippen molar-refractivity contribution in [3.05, 3.63) is 47.7 Å². The van der Waals surface area contributed by atoms with Crippen molar-refractivity contribution in [2.45, 2.75) is 6.92 Å². The summed E-state index contributed by atoms with van der Waals surface area (Å²) in [6, 6.07) is 4.43. The Morgan fingerprint density at radius 1 is 1.39 bits per heavy atom. The second kappa shape index (κ2) is 4.91. The van der Waals surface area contributed by atoms with Crippen LogP contribution < -0.4 is 0 Å². The van der Waals surface area contributed by atoms with E-state index in [1.165, 1.54) is 31.6 Å². The van der Waals surface area contributed by atoms with Gasteiger partial charge in [0, 0.05) is 18.0 Å². The van der Waals surface area contributed by atoms with Gasteiger partial charge in [0.2, 0.25) is 0 Å². The quantitative estimate of drug-likeness (QED) is 0.763. The number of aromatic nitrogens is 2. The Morgan fingerprint density at radius 3 is 2.83 bits per heavy atom. The lowest BCUT2D eigenvalue weighted by Gasteiger charge is -2.08. The van der Waals surface area contributed by atoms with Gasteiger partial charge >= 0.3 is 5.97 Å². The van der Waals surface area contributed by atoms with Gasteiger partial charge in [-0.15, -0.1) is 0 Å². The van der Waals surface area contributed by atoms with Crippen molar-refractivity contribution in [3.8, 4) is 11.3 Å². The third kappa shape index (κ3) is 2.20. The monoisotopic (exact) mass is 246 g/mol. The van der Waals surface area contributed by atoms with Crippen LogP contribution in [0.25, 0.3) is 11.3 Å². The molecule has 18 heavy (non-hydrogen) atoms. The number of carbonyl (C=O) groups is 1. The van der Waals surface area contributed by atoms with E-state index in [1.54, 1.807) is 13.0 Å². The predicted octanol–water partition coefficient (Wildman–Crippen LogP) is 2.38. The molecule has 2 heterocycles. The minimum absolute atomic E-state index is 0.0562. The van der Waals surface area contributed by atoms with Gasteiger partial charge in [0.25, 0.3) is 0 Å². The van der Waals surface area contributed by atoms with Crippen LogP contribution in [0.5, 0.6) is 0 Å². The number of carbonyl (C=O) groups excluding carboxylic acids is 1. The molecule has 0 aliphatic heterocycles. The molecule has 0 saturated carbocycles. The molecule has 2 aromatic heterocycles. The lowest BCUT2D eigenvalue weighted by molar-refractivity contribution is 0.0595. The average molecular weight is 246 g/mol. The largest absolute Gasteiger partial charge is 0.464 e. The smallest absolute Gasteiger partial charge is 0.357 e. The fourth-order valence-electron chi connectivity index (χ4n) is 1.59. The molecule has 0 saturated heterocycles. The summed E-state index contributed by atoms with van der Waals surface area (Å²) in [5.74, 6) is -1.12. The first-order valence-electron chi connectivity index (χ1n) is 5.29. The molecule has 92 valence electrons. The first-order valence-corrected chi connectivity index (χ1v) is 5.29. The van der Waals surface area contributed by atoms with E-state index in [1.807, 2.05) is 0 Å². The van der Waals surface area contributed by atoms with Crippen molar-refractivity contribution in [1.29, 1.82) is 0 Å². The van der Waals surface area contributed by atoms with Crippen LogP contribution in [0.1, 0.15) is 16.1 Å². The normalized spacial score (nSPS) is 10.2. The fraction of sp³-hybridized carbons (Fsp3) is 0.154. The van der Waals surface area contributed by atoms with E-state index in [0.29, 0.717) is 5.56 Å². The number of esters is 1. The van der Waals surface area contributed by atoms with Gasteiger partial charge in [0.1, 0.15) is 11.5 Å². The van der Waals surface area contributed by atoms with Crippen molar-refractivity contribution < 1.29 is 13.9 Å². The highest BCUT2D eigenvalue weighted by Gasteiger charge is 2.18. The number of rotatable bonds is 2. The number of nitrogens with zero attached hydrogens (tertiary/aromatic N) is 2. The fourth-order valence-corrected chi connectivity index (χ4v) is 1.59. The van der Waals surface area contributed by atoms with Crippen molar-refractivity contribution >= 4 is 5.97 Å². The molecule has 0 bridgehead atoms. The molecule has 0 amide bonds. The Bertz CT molecular complexity index is 599. The van der Waals surface area contributed by atoms with Crippen molar-refractivity contribution in [2.24, 2.45) is 0 Å². The van der Waals surface area contributed by atoms with Crippen LogP contribution in [0.4, 0.5) is 4.39 Å². The summed E-state index contributed by atoms with van der Waals surface area (Å²) in [4.78, 5) is 19.5. The third-order valence-corrected chi connectivity index (χ3v) is 2.42. The molecule has 0 unspecified atom stereocenters. The van der Waals surface area contributed by atoms with Crippen LogP contribution in [0.2, 0.25) is 0 Å². The molecule has 0 radical (unpaired) electrons. The molecule has 0 spiro atoms. The number of hydrogen-bond donors (Lipinski definition) is 0. The van der Waals surface area contributed by atoms with E-state index < -0.39 is 11.8 Å². The van der Waals surface area contributed by atoms with Gasteiger partial charge in [0.15, 0.2) is 5.69 Å². The highest BCUT2D eigenvalue weighted by Crippen LogP contribution is 2.24. The summed E-state index contributed by atoms with van der Waals surface area (Å²) in [5.41, 5.74) is 1.29. The summed E-state index contributed by atoms with van der Waals surface area (Å²) in [7, 11) is 1.25. The molecule has 2 rings (SSSR count). The summed E-state index contributed by atoms with van der Waals surface area (Å²) in [6.45, 7) is 1.80. The van der Waals surface area contributed by atoms with Gasteiger partial charge in [-0.1, -0.05) is 0 Å². The van der Waals surface area contributed by atoms with Crippen LogP contribution in [0, 0.1) is 12.7 Å². The molecule has 0 fully saturated rings. The topological polar surface area (TPSA) is 52.1 Å². The van der Waals surface area contributed by atoms with E-state index in [-0.39, 0.29) is 11.4 Å². The van der Waals surface area contributed by atoms with E-state index in [4.69, 9.17) is 0 Å². The molecular formula is C13H11FN2O2. The number of aryl methyl sites for hydroxylation is 1. The summed E-state index contributed by atoms with van der Waals surface area (Å²) in [5, 5.41) is 0. The first-order chi connectivity index (χ1) is 8.63. The minimum atomic E-state index is -0.616. The Hall–Kier alpha value is -2.30. The molecule has 5 heteroatoms. The lowest BCUT2D eigenvalue weighted by atomic mass is 10.1. The van der Waals surface area contributed by atoms with Crippen LogP contribution >= 0.6 is 0 Å². The van der Waals surface area contributed by atoms with Gasteiger partial charge in [-0.05, 0) is 30.7 Å². The Kier molecular flexibility index (Phi) is 3.32. The number of hydrogen-bond acceptors (Lipinski definition) is 4. The Labute approximate surface area is 103 Å². The van der Waals surface area contributed by atoms with Gasteiger partial charge in [0.05, 0.1) is 7.11 Å². The van der Waals surface area contributed by atoms with Gasteiger partial charge in [-0.2, -0.15) is 0 Å². The molecule has 0 N–H and O–H groups in total. The standard InChI is InChI=1S/C13H11FN2O2/c1-8-6-9(11-10(14)4-3-5-15-11)12(16-7-8)13(17)18-2/h3-7H,1-2H3. The molecule has 4 nitrogen and oxygen atoms in total. The number of halogens is 1. The van der Waals surface area contributed by atoms with Gasteiger partial charge < -0.3 is 4.74 Å². The number of ether oxygens (including phenoxy) is 1. The summed E-state index contributed by atoms with van der Waals surface area (Å²) >= 11 is 0. The first kappa shape index (κ1) is 12.2. The zero-order chi connectivity index (χ0) is 13.1. The Morgan fingerprint density at radius 2 is 2.17 bits per heavy atom. The predicted molar refractivity (Wildman–Crippen MR) is 63.5 cm³/mol. The van der Waals surface area contributed by atoms with Crippen molar-refractivity contribution in [1.82, 2.24) is 9.97 Å².